The number of alkyl halides is 1. The van der Waals surface area contributed by atoms with E-state index in [0.717, 1.165) is 12.3 Å². The van der Waals surface area contributed by atoms with Gasteiger partial charge in [-0.1, -0.05) is 63.3 Å². The first-order chi connectivity index (χ1) is 8.38. The lowest BCUT2D eigenvalue weighted by molar-refractivity contribution is 0.606. The van der Waals surface area contributed by atoms with Crippen LogP contribution in [0.25, 0.3) is 0 Å². The van der Waals surface area contributed by atoms with E-state index in [1.165, 1.54) is 56.1 Å². The van der Waals surface area contributed by atoms with Gasteiger partial charge in [0.25, 0.3) is 0 Å². The Hall–Kier alpha value is -0.490. The molecule has 0 nitrogen and oxygen atoms in total. The molecule has 0 N–H and O–H groups in total. The van der Waals surface area contributed by atoms with Gasteiger partial charge >= 0.3 is 0 Å². The van der Waals surface area contributed by atoms with Gasteiger partial charge in [-0.15, -0.1) is 11.6 Å². The molecule has 0 atom stereocenters. The molecule has 17 heavy (non-hydrogen) atoms. The molecule has 0 aromatic heterocycles. The van der Waals surface area contributed by atoms with Crippen molar-refractivity contribution in [2.75, 3.05) is 5.88 Å². The zero-order valence-corrected chi connectivity index (χ0v) is 11.8. The summed E-state index contributed by atoms with van der Waals surface area (Å²) in [4.78, 5) is 0. The van der Waals surface area contributed by atoms with Gasteiger partial charge in [-0.3, -0.25) is 0 Å². The average molecular weight is 253 g/mol. The van der Waals surface area contributed by atoms with Crippen LogP contribution in [0.2, 0.25) is 0 Å². The lowest BCUT2D eigenvalue weighted by Gasteiger charge is -2.08. The molecule has 0 saturated carbocycles. The van der Waals surface area contributed by atoms with Gasteiger partial charge in [0.2, 0.25) is 0 Å². The van der Waals surface area contributed by atoms with Gasteiger partial charge in [-0.2, -0.15) is 0 Å². The third-order valence-corrected chi connectivity index (χ3v) is 3.47. The lowest BCUT2D eigenvalue weighted by atomic mass is 9.99. The summed E-state index contributed by atoms with van der Waals surface area (Å²) >= 11 is 5.83. The molecule has 0 aliphatic rings. The molecule has 1 heteroatoms. The van der Waals surface area contributed by atoms with Gasteiger partial charge in [0, 0.05) is 5.88 Å². The van der Waals surface area contributed by atoms with Gasteiger partial charge in [-0.25, -0.2) is 0 Å². The smallest absolute Gasteiger partial charge is 0.0264 e. The maximum atomic E-state index is 5.83. The first-order valence-electron chi connectivity index (χ1n) is 7.01. The Morgan fingerprint density at radius 3 is 2.06 bits per heavy atom. The predicted molar refractivity (Wildman–Crippen MR) is 77.9 cm³/mol. The molecule has 0 bridgehead atoms. The normalized spacial score (nSPS) is 10.7. The summed E-state index contributed by atoms with van der Waals surface area (Å²) in [6, 6.07) is 8.74. The Bertz CT molecular complexity index is 293. The average Bonchev–Trinajstić information content (AvgIpc) is 2.36. The molecule has 0 saturated heterocycles. The number of unbranched alkanes of at least 4 members (excludes halogenated alkanes) is 5. The summed E-state index contributed by atoms with van der Waals surface area (Å²) in [5, 5.41) is 0. The van der Waals surface area contributed by atoms with Crippen LogP contribution in [0.15, 0.2) is 24.3 Å². The highest BCUT2D eigenvalue weighted by molar-refractivity contribution is 6.18. The number of halogens is 1. The molecule has 0 fully saturated rings. The molecular formula is C16H25Cl. The van der Waals surface area contributed by atoms with Crippen molar-refractivity contribution in [2.45, 2.75) is 58.3 Å². The second kappa shape index (κ2) is 9.53. The van der Waals surface area contributed by atoms with Crippen molar-refractivity contribution in [3.05, 3.63) is 35.4 Å². The Morgan fingerprint density at radius 1 is 0.824 bits per heavy atom. The van der Waals surface area contributed by atoms with Crippen LogP contribution in [0.5, 0.6) is 0 Å². The molecule has 0 aliphatic carbocycles. The SMILES string of the molecule is CCCCCCCCc1ccccc1CCCl. The molecule has 0 aliphatic heterocycles. The van der Waals surface area contributed by atoms with Crippen molar-refractivity contribution >= 4 is 11.6 Å². The minimum atomic E-state index is 0.730. The van der Waals surface area contributed by atoms with Crippen LogP contribution in [0.4, 0.5) is 0 Å². The molecule has 1 rings (SSSR count). The van der Waals surface area contributed by atoms with Gasteiger partial charge < -0.3 is 0 Å². The second-order valence-corrected chi connectivity index (χ2v) is 5.10. The maximum absolute atomic E-state index is 5.83. The van der Waals surface area contributed by atoms with Crippen molar-refractivity contribution in [1.29, 1.82) is 0 Å². The van der Waals surface area contributed by atoms with Crippen molar-refractivity contribution in [1.82, 2.24) is 0 Å². The second-order valence-electron chi connectivity index (χ2n) is 4.73. The maximum Gasteiger partial charge on any atom is 0.0264 e. The largest absolute Gasteiger partial charge is 0.126 e. The van der Waals surface area contributed by atoms with Crippen LogP contribution in [0, 0.1) is 0 Å². The summed E-state index contributed by atoms with van der Waals surface area (Å²) in [7, 11) is 0. The molecule has 1 aromatic carbocycles. The van der Waals surface area contributed by atoms with Crippen molar-refractivity contribution in [3.63, 3.8) is 0 Å². The van der Waals surface area contributed by atoms with Gasteiger partial charge in [0.05, 0.1) is 0 Å². The first kappa shape index (κ1) is 14.6. The third-order valence-electron chi connectivity index (χ3n) is 3.28. The van der Waals surface area contributed by atoms with Crippen LogP contribution in [0.3, 0.4) is 0 Å². The molecule has 0 spiro atoms. The Morgan fingerprint density at radius 2 is 1.41 bits per heavy atom. The molecule has 1 aromatic rings. The molecule has 0 amide bonds. The molecule has 0 unspecified atom stereocenters. The Labute approximate surface area is 111 Å². The lowest BCUT2D eigenvalue weighted by Crippen LogP contribution is -1.95. The fourth-order valence-corrected chi connectivity index (χ4v) is 2.45. The fourth-order valence-electron chi connectivity index (χ4n) is 2.24. The number of hydrogen-bond donors (Lipinski definition) is 0. The van der Waals surface area contributed by atoms with Crippen molar-refractivity contribution < 1.29 is 0 Å². The number of benzene rings is 1. The van der Waals surface area contributed by atoms with Gasteiger partial charge in [0.1, 0.15) is 0 Å². The number of aryl methyl sites for hydroxylation is 2. The fraction of sp³-hybridized carbons (Fsp3) is 0.625. The van der Waals surface area contributed by atoms with E-state index >= 15 is 0 Å². The highest BCUT2D eigenvalue weighted by Gasteiger charge is 2.00. The molecule has 0 radical (unpaired) electrons. The number of rotatable bonds is 9. The van der Waals surface area contributed by atoms with E-state index in [0.29, 0.717) is 0 Å². The van der Waals surface area contributed by atoms with Crippen molar-refractivity contribution in [3.8, 4) is 0 Å². The highest BCUT2D eigenvalue weighted by Crippen LogP contribution is 2.15. The van der Waals surface area contributed by atoms with E-state index in [9.17, 15) is 0 Å². The standard InChI is InChI=1S/C16H25Cl/c1-2-3-4-5-6-7-10-15-11-8-9-12-16(15)13-14-17/h8-9,11-12H,2-7,10,13-14H2,1H3. The summed E-state index contributed by atoms with van der Waals surface area (Å²) < 4.78 is 0. The van der Waals surface area contributed by atoms with Crippen LogP contribution >= 0.6 is 11.6 Å². The van der Waals surface area contributed by atoms with E-state index in [-0.39, 0.29) is 0 Å². The van der Waals surface area contributed by atoms with E-state index in [1.807, 2.05) is 0 Å². The van der Waals surface area contributed by atoms with Crippen molar-refractivity contribution in [2.24, 2.45) is 0 Å². The molecule has 96 valence electrons. The minimum absolute atomic E-state index is 0.730. The topological polar surface area (TPSA) is 0 Å². The highest BCUT2D eigenvalue weighted by atomic mass is 35.5. The van der Waals surface area contributed by atoms with Crippen LogP contribution in [-0.2, 0) is 12.8 Å². The van der Waals surface area contributed by atoms with Crippen LogP contribution < -0.4 is 0 Å². The molecule has 0 heterocycles. The zero-order chi connectivity index (χ0) is 12.3. The molecular weight excluding hydrogens is 228 g/mol. The third kappa shape index (κ3) is 6.12. The monoisotopic (exact) mass is 252 g/mol. The summed E-state index contributed by atoms with van der Waals surface area (Å²) in [6.45, 7) is 2.27. The van der Waals surface area contributed by atoms with Gasteiger partial charge in [-0.05, 0) is 30.4 Å². The van der Waals surface area contributed by atoms with E-state index in [1.54, 1.807) is 0 Å². The van der Waals surface area contributed by atoms with Gasteiger partial charge in [0.15, 0.2) is 0 Å². The van der Waals surface area contributed by atoms with E-state index in [2.05, 4.69) is 31.2 Å². The predicted octanol–water partition coefficient (Wildman–Crippen LogP) is 5.37. The van der Waals surface area contributed by atoms with E-state index < -0.39 is 0 Å². The summed E-state index contributed by atoms with van der Waals surface area (Å²) in [5.74, 6) is 0.730. The number of hydrogen-bond acceptors (Lipinski definition) is 0. The van der Waals surface area contributed by atoms with E-state index in [4.69, 9.17) is 11.6 Å². The Kier molecular flexibility index (Phi) is 8.17. The summed E-state index contributed by atoms with van der Waals surface area (Å²) in [5.41, 5.74) is 2.94. The minimum Gasteiger partial charge on any atom is -0.126 e. The summed E-state index contributed by atoms with van der Waals surface area (Å²) in [6.07, 6.45) is 10.4. The first-order valence-corrected chi connectivity index (χ1v) is 7.54. The Balaban J connectivity index is 2.25. The quantitative estimate of drug-likeness (QED) is 0.409. The van der Waals surface area contributed by atoms with Crippen LogP contribution in [0.1, 0.15) is 56.6 Å². The van der Waals surface area contributed by atoms with Crippen LogP contribution in [-0.4, -0.2) is 5.88 Å². The zero-order valence-electron chi connectivity index (χ0n) is 11.1.